The predicted molar refractivity (Wildman–Crippen MR) is 106 cm³/mol. The summed E-state index contributed by atoms with van der Waals surface area (Å²) < 4.78 is 1.93. The van der Waals surface area contributed by atoms with Crippen LogP contribution in [0.25, 0.3) is 11.0 Å². The summed E-state index contributed by atoms with van der Waals surface area (Å²) in [5.41, 5.74) is 4.32. The molecule has 7 nitrogen and oxygen atoms in total. The molecule has 1 amide bonds. The molecular formula is C21H24N6O. The van der Waals surface area contributed by atoms with Gasteiger partial charge in [-0.05, 0) is 25.6 Å². The zero-order valence-electron chi connectivity index (χ0n) is 16.1. The fourth-order valence-corrected chi connectivity index (χ4v) is 4.25. The molecule has 1 aromatic carbocycles. The van der Waals surface area contributed by atoms with Crippen LogP contribution in [0.1, 0.15) is 29.4 Å². The first-order chi connectivity index (χ1) is 13.7. The van der Waals surface area contributed by atoms with Gasteiger partial charge in [0.05, 0.1) is 17.4 Å². The van der Waals surface area contributed by atoms with Crippen molar-refractivity contribution in [3.05, 3.63) is 53.9 Å². The number of fused-ring (bicyclic) bond motifs is 2. The Morgan fingerprint density at radius 2 is 2.11 bits per heavy atom. The third-order valence-corrected chi connectivity index (χ3v) is 5.88. The monoisotopic (exact) mass is 376 g/mol. The van der Waals surface area contributed by atoms with Crippen LogP contribution in [-0.2, 0) is 24.3 Å². The minimum atomic E-state index is 0.130. The van der Waals surface area contributed by atoms with Gasteiger partial charge < -0.3 is 14.4 Å². The lowest BCUT2D eigenvalue weighted by Crippen LogP contribution is -2.32. The molecule has 4 heterocycles. The van der Waals surface area contributed by atoms with Gasteiger partial charge in [0.25, 0.3) is 0 Å². The molecule has 0 spiro atoms. The predicted octanol–water partition coefficient (Wildman–Crippen LogP) is 1.83. The Hall–Kier alpha value is -2.80. The molecule has 1 saturated heterocycles. The highest BCUT2D eigenvalue weighted by molar-refractivity contribution is 5.80. The van der Waals surface area contributed by atoms with Crippen molar-refractivity contribution in [2.45, 2.75) is 31.8 Å². The molecule has 3 aromatic rings. The minimum absolute atomic E-state index is 0.130. The lowest BCUT2D eigenvalue weighted by atomic mass is 10.1. The summed E-state index contributed by atoms with van der Waals surface area (Å²) in [7, 11) is 2.13. The van der Waals surface area contributed by atoms with E-state index in [0.717, 1.165) is 49.3 Å². The van der Waals surface area contributed by atoms with Crippen LogP contribution in [0.15, 0.2) is 36.8 Å². The van der Waals surface area contributed by atoms with E-state index in [1.165, 1.54) is 11.3 Å². The van der Waals surface area contributed by atoms with E-state index in [1.807, 2.05) is 39.9 Å². The molecule has 0 aliphatic carbocycles. The average Bonchev–Trinajstić information content (AvgIpc) is 3.36. The van der Waals surface area contributed by atoms with Crippen LogP contribution in [0.3, 0.4) is 0 Å². The second-order valence-electron chi connectivity index (χ2n) is 7.87. The average molecular weight is 376 g/mol. The Morgan fingerprint density at radius 1 is 1.21 bits per heavy atom. The Labute approximate surface area is 164 Å². The summed E-state index contributed by atoms with van der Waals surface area (Å²) in [4.78, 5) is 30.9. The largest absolute Gasteiger partial charge is 0.340 e. The fraction of sp³-hybridized carbons (Fsp3) is 0.429. The number of likely N-dealkylation sites (tertiary alicyclic amines) is 1. The number of hydrogen-bond donors (Lipinski definition) is 0. The van der Waals surface area contributed by atoms with E-state index in [-0.39, 0.29) is 11.8 Å². The molecule has 7 heteroatoms. The van der Waals surface area contributed by atoms with E-state index >= 15 is 0 Å². The lowest BCUT2D eigenvalue weighted by Gasteiger charge is -2.24. The Bertz CT molecular complexity index is 1030. The summed E-state index contributed by atoms with van der Waals surface area (Å²) >= 11 is 0. The molecule has 0 N–H and O–H groups in total. The summed E-state index contributed by atoms with van der Waals surface area (Å²) in [6, 6.07) is 7.90. The molecule has 2 aliphatic heterocycles. The van der Waals surface area contributed by atoms with Crippen LogP contribution < -0.4 is 0 Å². The van der Waals surface area contributed by atoms with Crippen molar-refractivity contribution in [2.24, 2.45) is 0 Å². The molecule has 2 aliphatic rings. The zero-order chi connectivity index (χ0) is 19.1. The molecular weight excluding hydrogens is 352 g/mol. The van der Waals surface area contributed by atoms with Crippen LogP contribution >= 0.6 is 0 Å². The van der Waals surface area contributed by atoms with Crippen molar-refractivity contribution in [1.82, 2.24) is 29.3 Å². The van der Waals surface area contributed by atoms with Crippen molar-refractivity contribution < 1.29 is 4.79 Å². The Morgan fingerprint density at radius 3 is 3.04 bits per heavy atom. The first kappa shape index (κ1) is 17.3. The number of nitrogens with zero attached hydrogens (tertiary/aromatic N) is 6. The molecule has 0 saturated carbocycles. The van der Waals surface area contributed by atoms with Gasteiger partial charge in [-0.15, -0.1) is 0 Å². The van der Waals surface area contributed by atoms with E-state index in [9.17, 15) is 4.79 Å². The number of para-hydroxylation sites is 2. The minimum Gasteiger partial charge on any atom is -0.340 e. The molecule has 2 aromatic heterocycles. The van der Waals surface area contributed by atoms with Gasteiger partial charge in [-0.2, -0.15) is 0 Å². The standard InChI is InChI=1S/C21H24N6O/c1-25-8-7-17-16(11-25)10-22-21(24-17)15-6-9-26(12-15)20(28)13-27-14-23-18-4-2-3-5-19(18)27/h2-5,10,14-15H,6-9,11-13H2,1H3/t15-/m0/s1. The highest BCUT2D eigenvalue weighted by Crippen LogP contribution is 2.26. The maximum absolute atomic E-state index is 12.8. The van der Waals surface area contributed by atoms with Gasteiger partial charge in [0, 0.05) is 56.0 Å². The number of benzene rings is 1. The molecule has 144 valence electrons. The van der Waals surface area contributed by atoms with Crippen molar-refractivity contribution in [2.75, 3.05) is 26.7 Å². The van der Waals surface area contributed by atoms with Crippen LogP contribution in [0, 0.1) is 0 Å². The number of imidazole rings is 1. The summed E-state index contributed by atoms with van der Waals surface area (Å²) in [5.74, 6) is 1.25. The topological polar surface area (TPSA) is 67.2 Å². The smallest absolute Gasteiger partial charge is 0.242 e. The van der Waals surface area contributed by atoms with Crippen LogP contribution in [0.4, 0.5) is 0 Å². The number of carbonyl (C=O) groups is 1. The Kier molecular flexibility index (Phi) is 4.31. The quantitative estimate of drug-likeness (QED) is 0.698. The fourth-order valence-electron chi connectivity index (χ4n) is 4.25. The molecule has 1 fully saturated rings. The number of hydrogen-bond acceptors (Lipinski definition) is 5. The van der Waals surface area contributed by atoms with E-state index in [2.05, 4.69) is 21.9 Å². The second-order valence-corrected chi connectivity index (χ2v) is 7.87. The van der Waals surface area contributed by atoms with Gasteiger partial charge in [0.15, 0.2) is 0 Å². The first-order valence-corrected chi connectivity index (χ1v) is 9.88. The van der Waals surface area contributed by atoms with Crippen molar-refractivity contribution in [3.63, 3.8) is 0 Å². The SMILES string of the molecule is CN1CCc2nc([C@H]3CCN(C(=O)Cn4cnc5ccccc54)C3)ncc2C1. The lowest BCUT2D eigenvalue weighted by molar-refractivity contribution is -0.130. The zero-order valence-corrected chi connectivity index (χ0v) is 16.1. The van der Waals surface area contributed by atoms with Crippen LogP contribution in [0.2, 0.25) is 0 Å². The summed E-state index contributed by atoms with van der Waals surface area (Å²) in [5, 5.41) is 0. The molecule has 0 unspecified atom stereocenters. The summed E-state index contributed by atoms with van der Waals surface area (Å²) in [6.45, 7) is 3.75. The molecule has 0 radical (unpaired) electrons. The Balaban J connectivity index is 1.27. The van der Waals surface area contributed by atoms with Gasteiger partial charge in [-0.25, -0.2) is 15.0 Å². The highest BCUT2D eigenvalue weighted by Gasteiger charge is 2.30. The maximum Gasteiger partial charge on any atom is 0.242 e. The first-order valence-electron chi connectivity index (χ1n) is 9.88. The maximum atomic E-state index is 12.8. The molecule has 5 rings (SSSR count). The number of carbonyl (C=O) groups excluding carboxylic acids is 1. The normalized spacial score (nSPS) is 19.9. The van der Waals surface area contributed by atoms with E-state index in [0.29, 0.717) is 13.1 Å². The van der Waals surface area contributed by atoms with Gasteiger partial charge >= 0.3 is 0 Å². The van der Waals surface area contributed by atoms with E-state index in [1.54, 1.807) is 6.33 Å². The van der Waals surface area contributed by atoms with Gasteiger partial charge in [-0.1, -0.05) is 12.1 Å². The number of rotatable bonds is 3. The van der Waals surface area contributed by atoms with Gasteiger partial charge in [0.2, 0.25) is 5.91 Å². The van der Waals surface area contributed by atoms with Crippen molar-refractivity contribution >= 4 is 16.9 Å². The third-order valence-electron chi connectivity index (χ3n) is 5.88. The molecule has 28 heavy (non-hydrogen) atoms. The molecule has 0 bridgehead atoms. The van der Waals surface area contributed by atoms with Crippen LogP contribution in [0.5, 0.6) is 0 Å². The molecule has 1 atom stereocenters. The van der Waals surface area contributed by atoms with Gasteiger partial charge in [-0.3, -0.25) is 4.79 Å². The third kappa shape index (κ3) is 3.16. The van der Waals surface area contributed by atoms with E-state index < -0.39 is 0 Å². The highest BCUT2D eigenvalue weighted by atomic mass is 16.2. The van der Waals surface area contributed by atoms with Crippen molar-refractivity contribution in [1.29, 1.82) is 0 Å². The number of likely N-dealkylation sites (N-methyl/N-ethyl adjacent to an activating group) is 1. The summed E-state index contributed by atoms with van der Waals surface area (Å²) in [6.07, 6.45) is 5.63. The number of aromatic nitrogens is 4. The van der Waals surface area contributed by atoms with Gasteiger partial charge in [0.1, 0.15) is 12.4 Å². The second kappa shape index (κ2) is 6.98. The number of amides is 1. The van der Waals surface area contributed by atoms with Crippen molar-refractivity contribution in [3.8, 4) is 0 Å². The van der Waals surface area contributed by atoms with E-state index in [4.69, 9.17) is 4.98 Å². The van der Waals surface area contributed by atoms with Crippen LogP contribution in [-0.4, -0.2) is 61.9 Å².